The summed E-state index contributed by atoms with van der Waals surface area (Å²) in [6.07, 6.45) is 0.328. The van der Waals surface area contributed by atoms with Crippen LogP contribution in [0.15, 0.2) is 60.7 Å². The molecular weight excluding hydrogens is 404 g/mol. The number of aryl methyl sites for hydroxylation is 1. The number of rotatable bonds is 5. The van der Waals surface area contributed by atoms with E-state index in [2.05, 4.69) is 68.2 Å². The lowest BCUT2D eigenvalue weighted by atomic mass is 9.93. The summed E-state index contributed by atoms with van der Waals surface area (Å²) in [5.74, 6) is -0.0707. The fraction of sp³-hybridized carbons (Fsp3) is 0.346. The lowest BCUT2D eigenvalue weighted by Crippen LogP contribution is -2.47. The highest BCUT2D eigenvalue weighted by molar-refractivity contribution is 7.16. The molecule has 0 radical (unpaired) electrons. The van der Waals surface area contributed by atoms with Crippen LogP contribution in [0, 0.1) is 13.8 Å². The van der Waals surface area contributed by atoms with Crippen molar-refractivity contribution in [3.63, 3.8) is 0 Å². The summed E-state index contributed by atoms with van der Waals surface area (Å²) in [6, 6.07) is 20.1. The lowest BCUT2D eigenvalue weighted by molar-refractivity contribution is -0.0765. The van der Waals surface area contributed by atoms with E-state index >= 15 is 0 Å². The van der Waals surface area contributed by atoms with E-state index in [9.17, 15) is 4.79 Å². The van der Waals surface area contributed by atoms with Crippen molar-refractivity contribution in [2.75, 3.05) is 18.4 Å². The lowest BCUT2D eigenvalue weighted by Gasteiger charge is -2.41. The van der Waals surface area contributed by atoms with Crippen LogP contribution in [0.2, 0.25) is 0 Å². The molecule has 31 heavy (non-hydrogen) atoms. The Kier molecular flexibility index (Phi) is 6.56. The van der Waals surface area contributed by atoms with Crippen molar-refractivity contribution < 1.29 is 9.53 Å². The van der Waals surface area contributed by atoms with Gasteiger partial charge < -0.3 is 10.1 Å². The van der Waals surface area contributed by atoms with Crippen molar-refractivity contribution in [3.05, 3.63) is 87.8 Å². The monoisotopic (exact) mass is 434 g/mol. The van der Waals surface area contributed by atoms with E-state index in [0.29, 0.717) is 5.56 Å². The Morgan fingerprint density at radius 2 is 1.58 bits per heavy atom. The number of benzene rings is 2. The molecule has 4 rings (SSSR count). The average molecular weight is 435 g/mol. The SMILES string of the molecule is Cc1sc(NC(=O)c2ccccc2)c([C@H](c2ccccc2)N2C[C@H](C)O[C@@H](C)C2)c1C. The quantitative estimate of drug-likeness (QED) is 0.550. The number of anilines is 1. The number of thiophene rings is 1. The first kappa shape index (κ1) is 21.8. The topological polar surface area (TPSA) is 41.6 Å². The van der Waals surface area contributed by atoms with Crippen molar-refractivity contribution in [2.24, 2.45) is 0 Å². The van der Waals surface area contributed by atoms with Gasteiger partial charge in [0.15, 0.2) is 0 Å². The van der Waals surface area contributed by atoms with E-state index in [0.717, 1.165) is 18.1 Å². The number of carbonyl (C=O) groups is 1. The summed E-state index contributed by atoms with van der Waals surface area (Å²) >= 11 is 1.66. The molecule has 1 aliphatic heterocycles. The fourth-order valence-electron chi connectivity index (χ4n) is 4.46. The minimum atomic E-state index is -0.0707. The van der Waals surface area contributed by atoms with Gasteiger partial charge in [0.25, 0.3) is 5.91 Å². The molecule has 1 aromatic heterocycles. The zero-order valence-corrected chi connectivity index (χ0v) is 19.4. The zero-order valence-electron chi connectivity index (χ0n) is 18.6. The summed E-state index contributed by atoms with van der Waals surface area (Å²) in [4.78, 5) is 16.7. The molecule has 3 aromatic rings. The second kappa shape index (κ2) is 9.35. The van der Waals surface area contributed by atoms with Gasteiger partial charge in [-0.05, 0) is 51.0 Å². The van der Waals surface area contributed by atoms with Gasteiger partial charge in [0.05, 0.1) is 18.2 Å². The number of nitrogens with one attached hydrogen (secondary N) is 1. The smallest absolute Gasteiger partial charge is 0.256 e. The molecule has 0 unspecified atom stereocenters. The summed E-state index contributed by atoms with van der Waals surface area (Å²) in [7, 11) is 0. The molecular formula is C26H30N2O2S. The fourth-order valence-corrected chi connectivity index (χ4v) is 5.54. The molecule has 1 amide bonds. The Morgan fingerprint density at radius 1 is 1.00 bits per heavy atom. The Bertz CT molecular complexity index is 1020. The maximum atomic E-state index is 13.0. The Balaban J connectivity index is 1.77. The standard InChI is InChI=1S/C26H30N2O2S/c1-17-15-28(16-18(2)30-17)24(21-11-7-5-8-12-21)23-19(3)20(4)31-26(23)27-25(29)22-13-9-6-10-14-22/h5-14,17-18,24H,15-16H2,1-4H3,(H,27,29)/t17-,18-,24-/m0/s1. The van der Waals surface area contributed by atoms with Crippen LogP contribution in [-0.4, -0.2) is 36.1 Å². The van der Waals surface area contributed by atoms with Crippen LogP contribution in [-0.2, 0) is 4.74 Å². The largest absolute Gasteiger partial charge is 0.373 e. The van der Waals surface area contributed by atoms with Crippen LogP contribution in [0.5, 0.6) is 0 Å². The van der Waals surface area contributed by atoms with Crippen molar-refractivity contribution >= 4 is 22.2 Å². The van der Waals surface area contributed by atoms with E-state index in [4.69, 9.17) is 4.74 Å². The molecule has 1 N–H and O–H groups in total. The number of amides is 1. The third kappa shape index (κ3) is 4.74. The number of ether oxygens (including phenoxy) is 1. The maximum Gasteiger partial charge on any atom is 0.256 e. The van der Waals surface area contributed by atoms with Crippen molar-refractivity contribution in [2.45, 2.75) is 45.9 Å². The van der Waals surface area contributed by atoms with Gasteiger partial charge in [0.2, 0.25) is 0 Å². The molecule has 1 aliphatic rings. The molecule has 5 heteroatoms. The zero-order chi connectivity index (χ0) is 22.0. The van der Waals surface area contributed by atoms with Crippen LogP contribution >= 0.6 is 11.3 Å². The number of carbonyl (C=O) groups excluding carboxylic acids is 1. The van der Waals surface area contributed by atoms with Crippen LogP contribution < -0.4 is 5.32 Å². The second-order valence-corrected chi connectivity index (χ2v) is 9.60. The molecule has 0 spiro atoms. The molecule has 3 atom stereocenters. The Morgan fingerprint density at radius 3 is 2.19 bits per heavy atom. The van der Waals surface area contributed by atoms with Crippen LogP contribution in [0.4, 0.5) is 5.00 Å². The predicted molar refractivity (Wildman–Crippen MR) is 128 cm³/mol. The molecule has 4 nitrogen and oxygen atoms in total. The van der Waals surface area contributed by atoms with Crippen molar-refractivity contribution in [1.29, 1.82) is 0 Å². The third-order valence-electron chi connectivity index (χ3n) is 5.90. The Labute approximate surface area is 188 Å². The van der Waals surface area contributed by atoms with E-state index in [1.165, 1.54) is 21.6 Å². The van der Waals surface area contributed by atoms with Gasteiger partial charge in [-0.15, -0.1) is 11.3 Å². The normalized spacial score (nSPS) is 20.4. The highest BCUT2D eigenvalue weighted by Gasteiger charge is 2.33. The van der Waals surface area contributed by atoms with E-state index in [1.54, 1.807) is 11.3 Å². The van der Waals surface area contributed by atoms with Gasteiger partial charge in [-0.2, -0.15) is 0 Å². The second-order valence-electron chi connectivity index (χ2n) is 8.37. The van der Waals surface area contributed by atoms with E-state index in [-0.39, 0.29) is 24.2 Å². The van der Waals surface area contributed by atoms with Gasteiger partial charge in [-0.1, -0.05) is 48.5 Å². The molecule has 0 saturated carbocycles. The Hall–Kier alpha value is -2.47. The third-order valence-corrected chi connectivity index (χ3v) is 7.04. The summed E-state index contributed by atoms with van der Waals surface area (Å²) in [5.41, 5.74) is 4.34. The van der Waals surface area contributed by atoms with Crippen LogP contribution in [0.1, 0.15) is 51.8 Å². The van der Waals surface area contributed by atoms with Crippen molar-refractivity contribution in [1.82, 2.24) is 4.90 Å². The van der Waals surface area contributed by atoms with Gasteiger partial charge in [0, 0.05) is 29.1 Å². The first-order chi connectivity index (χ1) is 14.9. The molecule has 0 bridgehead atoms. The highest BCUT2D eigenvalue weighted by atomic mass is 32.1. The van der Waals surface area contributed by atoms with Gasteiger partial charge in [0.1, 0.15) is 5.00 Å². The predicted octanol–water partition coefficient (Wildman–Crippen LogP) is 5.82. The first-order valence-electron chi connectivity index (χ1n) is 10.8. The molecule has 1 saturated heterocycles. The summed E-state index contributed by atoms with van der Waals surface area (Å²) < 4.78 is 6.02. The van der Waals surface area contributed by atoms with Gasteiger partial charge in [-0.3, -0.25) is 9.69 Å². The summed E-state index contributed by atoms with van der Waals surface area (Å²) in [6.45, 7) is 10.3. The average Bonchev–Trinajstić information content (AvgIpc) is 3.02. The number of hydrogen-bond donors (Lipinski definition) is 1. The summed E-state index contributed by atoms with van der Waals surface area (Å²) in [5, 5.41) is 4.16. The van der Waals surface area contributed by atoms with Crippen LogP contribution in [0.3, 0.4) is 0 Å². The number of nitrogens with zero attached hydrogens (tertiary/aromatic N) is 1. The molecule has 1 fully saturated rings. The van der Waals surface area contributed by atoms with Gasteiger partial charge >= 0.3 is 0 Å². The van der Waals surface area contributed by atoms with E-state index in [1.807, 2.05) is 30.3 Å². The van der Waals surface area contributed by atoms with Gasteiger partial charge in [-0.25, -0.2) is 0 Å². The molecule has 2 aromatic carbocycles. The molecule has 2 heterocycles. The number of hydrogen-bond acceptors (Lipinski definition) is 4. The minimum absolute atomic E-state index is 0.0611. The maximum absolute atomic E-state index is 13.0. The van der Waals surface area contributed by atoms with Crippen molar-refractivity contribution in [3.8, 4) is 0 Å². The molecule has 162 valence electrons. The minimum Gasteiger partial charge on any atom is -0.373 e. The molecule has 0 aliphatic carbocycles. The highest BCUT2D eigenvalue weighted by Crippen LogP contribution is 2.43. The number of morpholine rings is 1. The van der Waals surface area contributed by atoms with E-state index < -0.39 is 0 Å². The van der Waals surface area contributed by atoms with Crippen LogP contribution in [0.25, 0.3) is 0 Å². The first-order valence-corrected chi connectivity index (χ1v) is 11.7.